The van der Waals surface area contributed by atoms with Crippen LogP contribution in [0.15, 0.2) is 41.7 Å². The van der Waals surface area contributed by atoms with Gasteiger partial charge in [-0.2, -0.15) is 0 Å². The fourth-order valence-corrected chi connectivity index (χ4v) is 6.11. The van der Waals surface area contributed by atoms with Crippen molar-refractivity contribution in [2.45, 2.75) is 49.4 Å². The van der Waals surface area contributed by atoms with Gasteiger partial charge in [0.25, 0.3) is 0 Å². The summed E-state index contributed by atoms with van der Waals surface area (Å²) in [6, 6.07) is 10.2. The lowest BCUT2D eigenvalue weighted by molar-refractivity contribution is -0.308. The standard InChI is InChI=1S/C26H32N4O5S/c1-18-13-29(18)30-23-6-4-3-5-21(23)28-25(30)36(31)17-22-19(2)24(7-10-27-22)33-14-20-15-34-26(35-16-20)8-11-32-12-9-26/h3-7,10,18,20H,8-9,11-17H2,1-2H3/t18-,29?,36?/m0/s1. The van der Waals surface area contributed by atoms with Crippen LogP contribution in [-0.2, 0) is 30.8 Å². The summed E-state index contributed by atoms with van der Waals surface area (Å²) in [5.74, 6) is 0.688. The number of para-hydroxylation sites is 2. The first-order valence-corrected chi connectivity index (χ1v) is 13.9. The molecule has 9 nitrogen and oxygen atoms in total. The fourth-order valence-electron chi connectivity index (χ4n) is 4.84. The van der Waals surface area contributed by atoms with Gasteiger partial charge in [0.1, 0.15) is 5.75 Å². The van der Waals surface area contributed by atoms with Crippen molar-refractivity contribution in [3.05, 3.63) is 47.8 Å². The minimum Gasteiger partial charge on any atom is -0.493 e. The molecular formula is C26H32N4O5S. The van der Waals surface area contributed by atoms with Gasteiger partial charge in [0.15, 0.2) is 5.79 Å². The molecule has 0 aliphatic carbocycles. The van der Waals surface area contributed by atoms with E-state index in [0.717, 1.165) is 47.4 Å². The topological polar surface area (TPSA) is 87.7 Å². The molecule has 3 fully saturated rings. The number of fused-ring (bicyclic) bond motifs is 1. The van der Waals surface area contributed by atoms with Crippen molar-refractivity contribution < 1.29 is 23.2 Å². The van der Waals surface area contributed by atoms with Crippen molar-refractivity contribution in [3.8, 4) is 5.75 Å². The minimum absolute atomic E-state index is 0.151. The van der Waals surface area contributed by atoms with Crippen molar-refractivity contribution in [1.82, 2.24) is 14.6 Å². The predicted octanol–water partition coefficient (Wildman–Crippen LogP) is 2.94. The van der Waals surface area contributed by atoms with Crippen LogP contribution >= 0.6 is 0 Å². The fraction of sp³-hybridized carbons (Fsp3) is 0.538. The normalized spacial score (nSPS) is 22.7. The van der Waals surface area contributed by atoms with Gasteiger partial charge in [-0.05, 0) is 32.0 Å². The second-order valence-corrected chi connectivity index (χ2v) is 11.2. The van der Waals surface area contributed by atoms with Crippen molar-refractivity contribution >= 4 is 21.8 Å². The number of benzene rings is 1. The number of ether oxygens (including phenoxy) is 4. The molecule has 3 aromatic rings. The van der Waals surface area contributed by atoms with E-state index in [0.29, 0.717) is 44.2 Å². The Morgan fingerprint density at radius 3 is 2.67 bits per heavy atom. The summed E-state index contributed by atoms with van der Waals surface area (Å²) in [6.07, 6.45) is 3.26. The second kappa shape index (κ2) is 9.74. The highest BCUT2D eigenvalue weighted by Crippen LogP contribution is 2.32. The number of hydrogen-bond donors (Lipinski definition) is 0. The Bertz CT molecular complexity index is 1260. The lowest BCUT2D eigenvalue weighted by Gasteiger charge is -2.42. The largest absolute Gasteiger partial charge is 0.493 e. The average Bonchev–Trinajstić information content (AvgIpc) is 3.48. The summed E-state index contributed by atoms with van der Waals surface area (Å²) in [7, 11) is -1.37. The van der Waals surface area contributed by atoms with Gasteiger partial charge < -0.3 is 24.0 Å². The SMILES string of the molecule is Cc1c(OCC2COC3(CCOCC3)OC2)ccnc1CS(=O)c1nc2ccccc2n1N1C[C@@H]1C. The van der Waals surface area contributed by atoms with E-state index in [1.807, 2.05) is 41.9 Å². The van der Waals surface area contributed by atoms with E-state index in [9.17, 15) is 4.21 Å². The Labute approximate surface area is 213 Å². The molecule has 0 amide bonds. The van der Waals surface area contributed by atoms with E-state index >= 15 is 0 Å². The zero-order chi connectivity index (χ0) is 24.7. The summed E-state index contributed by atoms with van der Waals surface area (Å²) in [4.78, 5) is 9.25. The first kappa shape index (κ1) is 23.8. The Hall–Kier alpha value is -2.53. The van der Waals surface area contributed by atoms with E-state index in [-0.39, 0.29) is 11.7 Å². The molecule has 0 radical (unpaired) electrons. The van der Waals surface area contributed by atoms with Crippen molar-refractivity contribution in [3.63, 3.8) is 0 Å². The number of pyridine rings is 1. The van der Waals surface area contributed by atoms with E-state index in [1.54, 1.807) is 6.20 Å². The zero-order valence-electron chi connectivity index (χ0n) is 20.7. The van der Waals surface area contributed by atoms with E-state index in [4.69, 9.17) is 23.9 Å². The molecule has 0 N–H and O–H groups in total. The molecule has 5 heterocycles. The molecule has 192 valence electrons. The highest BCUT2D eigenvalue weighted by molar-refractivity contribution is 7.84. The Kier molecular flexibility index (Phi) is 6.45. The summed E-state index contributed by atoms with van der Waals surface area (Å²) in [5.41, 5.74) is 3.47. The van der Waals surface area contributed by atoms with Crippen molar-refractivity contribution in [2.24, 2.45) is 5.92 Å². The number of aromatic nitrogens is 3. The third-order valence-electron chi connectivity index (χ3n) is 7.21. The molecule has 0 bridgehead atoms. The molecule has 6 rings (SSSR count). The van der Waals surface area contributed by atoms with Gasteiger partial charge in [-0.15, -0.1) is 0 Å². The summed E-state index contributed by atoms with van der Waals surface area (Å²) in [5, 5.41) is 2.74. The summed E-state index contributed by atoms with van der Waals surface area (Å²) >= 11 is 0. The Balaban J connectivity index is 1.13. The first-order chi connectivity index (χ1) is 17.5. The van der Waals surface area contributed by atoms with E-state index in [2.05, 4.69) is 16.9 Å². The molecule has 1 unspecified atom stereocenters. The van der Waals surface area contributed by atoms with Gasteiger partial charge in [-0.1, -0.05) is 12.1 Å². The number of hydrogen-bond acceptors (Lipinski definition) is 8. The number of imidazole rings is 1. The maximum Gasteiger partial charge on any atom is 0.219 e. The first-order valence-electron chi connectivity index (χ1n) is 12.6. The minimum atomic E-state index is -1.37. The molecule has 36 heavy (non-hydrogen) atoms. The number of nitrogens with zero attached hydrogens (tertiary/aromatic N) is 4. The van der Waals surface area contributed by atoms with Crippen LogP contribution in [0.3, 0.4) is 0 Å². The van der Waals surface area contributed by atoms with Gasteiger partial charge in [0, 0.05) is 30.5 Å². The Morgan fingerprint density at radius 1 is 1.17 bits per heavy atom. The molecular weight excluding hydrogens is 480 g/mol. The van der Waals surface area contributed by atoms with Crippen LogP contribution in [0.4, 0.5) is 0 Å². The molecule has 0 saturated carbocycles. The molecule has 2 atom stereocenters. The maximum atomic E-state index is 13.5. The van der Waals surface area contributed by atoms with Gasteiger partial charge in [0.2, 0.25) is 5.16 Å². The third-order valence-corrected chi connectivity index (χ3v) is 8.42. The number of rotatable bonds is 7. The van der Waals surface area contributed by atoms with Gasteiger partial charge in [0.05, 0.1) is 78.9 Å². The van der Waals surface area contributed by atoms with Gasteiger partial charge in [-0.3, -0.25) is 9.19 Å². The van der Waals surface area contributed by atoms with E-state index in [1.165, 1.54) is 0 Å². The molecule has 3 saturated heterocycles. The van der Waals surface area contributed by atoms with Gasteiger partial charge in [-0.25, -0.2) is 9.66 Å². The lowest BCUT2D eigenvalue weighted by Crippen LogP contribution is -2.48. The smallest absolute Gasteiger partial charge is 0.219 e. The second-order valence-electron chi connectivity index (χ2n) is 9.86. The predicted molar refractivity (Wildman–Crippen MR) is 135 cm³/mol. The molecule has 1 spiro atoms. The molecule has 3 aliphatic rings. The monoisotopic (exact) mass is 512 g/mol. The molecule has 2 aromatic heterocycles. The van der Waals surface area contributed by atoms with Crippen LogP contribution in [0.1, 0.15) is 31.0 Å². The van der Waals surface area contributed by atoms with Gasteiger partial charge >= 0.3 is 0 Å². The van der Waals surface area contributed by atoms with Crippen molar-refractivity contribution in [2.75, 3.05) is 44.6 Å². The molecule has 3 aliphatic heterocycles. The summed E-state index contributed by atoms with van der Waals surface area (Å²) in [6.45, 7) is 8.09. The van der Waals surface area contributed by atoms with Crippen LogP contribution in [0.25, 0.3) is 11.0 Å². The van der Waals surface area contributed by atoms with Crippen LogP contribution in [0.2, 0.25) is 0 Å². The van der Waals surface area contributed by atoms with Crippen LogP contribution in [0, 0.1) is 12.8 Å². The molecule has 10 heteroatoms. The van der Waals surface area contributed by atoms with Crippen LogP contribution < -0.4 is 9.75 Å². The molecule has 1 aromatic carbocycles. The van der Waals surface area contributed by atoms with Crippen LogP contribution in [0.5, 0.6) is 5.75 Å². The quantitative estimate of drug-likeness (QED) is 0.447. The third kappa shape index (κ3) is 4.63. The average molecular weight is 513 g/mol. The Morgan fingerprint density at radius 2 is 1.92 bits per heavy atom. The highest BCUT2D eigenvalue weighted by Gasteiger charge is 2.39. The summed E-state index contributed by atoms with van der Waals surface area (Å²) < 4.78 is 39.3. The highest BCUT2D eigenvalue weighted by atomic mass is 32.2. The maximum absolute atomic E-state index is 13.5. The lowest BCUT2D eigenvalue weighted by atomic mass is 10.0. The van der Waals surface area contributed by atoms with Crippen LogP contribution in [-0.4, -0.2) is 70.3 Å². The van der Waals surface area contributed by atoms with Crippen molar-refractivity contribution in [1.29, 1.82) is 0 Å². The van der Waals surface area contributed by atoms with E-state index < -0.39 is 16.6 Å². The zero-order valence-corrected chi connectivity index (χ0v) is 21.5.